The van der Waals surface area contributed by atoms with Crippen LogP contribution in [0.5, 0.6) is 5.75 Å². The average Bonchev–Trinajstić information content (AvgIpc) is 3.69. The van der Waals surface area contributed by atoms with Crippen molar-refractivity contribution >= 4 is 34.5 Å². The summed E-state index contributed by atoms with van der Waals surface area (Å²) in [7, 11) is 2.82. The second-order valence-electron chi connectivity index (χ2n) is 9.19. The molecule has 0 aliphatic carbocycles. The van der Waals surface area contributed by atoms with Crippen LogP contribution in [0.25, 0.3) is 11.3 Å². The molecular weight excluding hydrogens is 514 g/mol. The van der Waals surface area contributed by atoms with Crippen molar-refractivity contribution in [1.82, 2.24) is 15.3 Å². The molecule has 38 heavy (non-hydrogen) atoms. The van der Waals surface area contributed by atoms with Gasteiger partial charge in [-0.05, 0) is 18.6 Å². The lowest BCUT2D eigenvalue weighted by Gasteiger charge is -2.43. The number of morpholine rings is 1. The number of hydrogen-bond acceptors (Lipinski definition) is 11. The van der Waals surface area contributed by atoms with Crippen LogP contribution < -0.4 is 20.3 Å². The Balaban J connectivity index is 1.25. The number of thiazole rings is 1. The molecule has 2 N–H and O–H groups in total. The summed E-state index contributed by atoms with van der Waals surface area (Å²) in [6, 6.07) is 5.15. The Hall–Kier alpha value is -3.68. The quantitative estimate of drug-likeness (QED) is 0.448. The first-order valence-corrected chi connectivity index (χ1v) is 13.1. The first-order valence-electron chi connectivity index (χ1n) is 12.3. The molecule has 2 unspecified atom stereocenters. The molecule has 200 valence electrons. The van der Waals surface area contributed by atoms with Gasteiger partial charge in [0.2, 0.25) is 0 Å². The smallest absolute Gasteiger partial charge is 0.341 e. The van der Waals surface area contributed by atoms with E-state index in [4.69, 9.17) is 28.3 Å². The number of ether oxygens (including phenoxy) is 4. The van der Waals surface area contributed by atoms with Gasteiger partial charge in [0.15, 0.2) is 10.9 Å². The molecule has 2 saturated heterocycles. The van der Waals surface area contributed by atoms with E-state index < -0.39 is 5.97 Å². The Bertz CT molecular complexity index is 1350. The molecule has 6 rings (SSSR count). The summed E-state index contributed by atoms with van der Waals surface area (Å²) in [5, 5.41) is 6.33. The van der Waals surface area contributed by atoms with Gasteiger partial charge in [-0.25, -0.2) is 19.6 Å². The van der Waals surface area contributed by atoms with E-state index in [1.807, 2.05) is 0 Å². The monoisotopic (exact) mass is 541 g/mol. The van der Waals surface area contributed by atoms with Crippen LogP contribution in [-0.2, 0) is 20.6 Å². The molecule has 5 heterocycles. The highest BCUT2D eigenvalue weighted by molar-refractivity contribution is 7.16. The number of carbonyl (C=O) groups is 2. The third-order valence-electron chi connectivity index (χ3n) is 6.86. The van der Waals surface area contributed by atoms with Gasteiger partial charge in [-0.15, -0.1) is 0 Å². The van der Waals surface area contributed by atoms with Gasteiger partial charge in [0, 0.05) is 13.0 Å². The summed E-state index contributed by atoms with van der Waals surface area (Å²) in [5.74, 6) is 0.317. The van der Waals surface area contributed by atoms with Crippen molar-refractivity contribution in [2.45, 2.75) is 31.0 Å². The third kappa shape index (κ3) is 4.46. The zero-order valence-electron chi connectivity index (χ0n) is 20.9. The summed E-state index contributed by atoms with van der Waals surface area (Å²) in [6.45, 7) is 2.11. The maximum absolute atomic E-state index is 12.5. The zero-order valence-corrected chi connectivity index (χ0v) is 21.7. The minimum Gasteiger partial charge on any atom is -0.495 e. The minimum atomic E-state index is -0.501. The van der Waals surface area contributed by atoms with E-state index in [0.29, 0.717) is 66.6 Å². The summed E-state index contributed by atoms with van der Waals surface area (Å²) in [4.78, 5) is 37.1. The van der Waals surface area contributed by atoms with Crippen molar-refractivity contribution in [2.75, 3.05) is 50.9 Å². The number of urea groups is 1. The minimum absolute atomic E-state index is 0.0128. The van der Waals surface area contributed by atoms with E-state index in [2.05, 4.69) is 20.5 Å². The molecule has 2 aromatic heterocycles. The molecule has 3 aliphatic rings. The van der Waals surface area contributed by atoms with Gasteiger partial charge in [-0.1, -0.05) is 17.4 Å². The molecule has 2 bridgehead atoms. The molecule has 2 fully saturated rings. The van der Waals surface area contributed by atoms with Crippen LogP contribution in [0.15, 0.2) is 28.8 Å². The van der Waals surface area contributed by atoms with Crippen LogP contribution in [-0.4, -0.2) is 74.7 Å². The number of benzene rings is 1. The van der Waals surface area contributed by atoms with E-state index in [-0.39, 0.29) is 24.2 Å². The largest absolute Gasteiger partial charge is 0.495 e. The van der Waals surface area contributed by atoms with Crippen molar-refractivity contribution in [3.63, 3.8) is 0 Å². The molecule has 12 nitrogen and oxygen atoms in total. The van der Waals surface area contributed by atoms with Crippen LogP contribution >= 0.6 is 11.3 Å². The summed E-state index contributed by atoms with van der Waals surface area (Å²) >= 11 is 1.43. The van der Waals surface area contributed by atoms with Crippen molar-refractivity contribution in [1.29, 1.82) is 0 Å². The Morgan fingerprint density at radius 1 is 1.18 bits per heavy atom. The normalized spacial score (nSPS) is 22.1. The second kappa shape index (κ2) is 10.2. The van der Waals surface area contributed by atoms with Crippen molar-refractivity contribution in [3.8, 4) is 17.1 Å². The van der Waals surface area contributed by atoms with Gasteiger partial charge in [0.1, 0.15) is 11.3 Å². The molecular formula is C25H27N5O7S. The Morgan fingerprint density at radius 2 is 2.08 bits per heavy atom. The average molecular weight is 542 g/mol. The van der Waals surface area contributed by atoms with Crippen molar-refractivity contribution in [3.05, 3.63) is 40.5 Å². The number of methoxy groups -OCH3 is 2. The van der Waals surface area contributed by atoms with Gasteiger partial charge in [-0.3, -0.25) is 5.32 Å². The maximum Gasteiger partial charge on any atom is 0.341 e. The van der Waals surface area contributed by atoms with E-state index in [0.717, 1.165) is 17.0 Å². The van der Waals surface area contributed by atoms with Gasteiger partial charge in [-0.2, -0.15) is 0 Å². The highest BCUT2D eigenvalue weighted by atomic mass is 32.1. The fourth-order valence-corrected chi connectivity index (χ4v) is 6.20. The SMILES string of the molecule is COC(=O)c1cccc(-c2cnc(N3C4COCC3c3sc(NC(=O)N[C@@H]5CCOC5)nc3C4)o2)c1OC. The van der Waals surface area contributed by atoms with E-state index >= 15 is 0 Å². The fourth-order valence-electron chi connectivity index (χ4n) is 5.12. The van der Waals surface area contributed by atoms with Gasteiger partial charge < -0.3 is 33.6 Å². The summed E-state index contributed by atoms with van der Waals surface area (Å²) in [6.07, 6.45) is 3.05. The predicted molar refractivity (Wildman–Crippen MR) is 137 cm³/mol. The lowest BCUT2D eigenvalue weighted by molar-refractivity contribution is 0.0578. The van der Waals surface area contributed by atoms with Crippen molar-refractivity contribution in [2.24, 2.45) is 0 Å². The maximum atomic E-state index is 12.5. The van der Waals surface area contributed by atoms with Gasteiger partial charge in [0.05, 0.1) is 74.5 Å². The molecule has 3 aliphatic heterocycles. The lowest BCUT2D eigenvalue weighted by Crippen LogP contribution is -2.51. The van der Waals surface area contributed by atoms with Crippen LogP contribution in [0.4, 0.5) is 15.9 Å². The van der Waals surface area contributed by atoms with E-state index in [1.54, 1.807) is 24.4 Å². The third-order valence-corrected chi connectivity index (χ3v) is 7.98. The number of para-hydroxylation sites is 1. The predicted octanol–water partition coefficient (Wildman–Crippen LogP) is 3.01. The number of hydrogen-bond donors (Lipinski definition) is 2. The molecule has 1 aromatic carbocycles. The lowest BCUT2D eigenvalue weighted by atomic mass is 9.97. The van der Waals surface area contributed by atoms with E-state index in [1.165, 1.54) is 25.6 Å². The molecule has 3 atom stereocenters. The van der Waals surface area contributed by atoms with E-state index in [9.17, 15) is 9.59 Å². The molecule has 0 saturated carbocycles. The van der Waals surface area contributed by atoms with Crippen LogP contribution in [0, 0.1) is 0 Å². The van der Waals surface area contributed by atoms with Crippen LogP contribution in [0.1, 0.15) is 33.4 Å². The van der Waals surface area contributed by atoms with Gasteiger partial charge in [0.25, 0.3) is 6.01 Å². The number of esters is 1. The highest BCUT2D eigenvalue weighted by Gasteiger charge is 2.43. The number of aromatic nitrogens is 2. The molecule has 0 spiro atoms. The second-order valence-corrected chi connectivity index (χ2v) is 10.2. The number of anilines is 2. The first kappa shape index (κ1) is 24.6. The number of oxazole rings is 1. The molecule has 13 heteroatoms. The number of rotatable bonds is 6. The number of fused-ring (bicyclic) bond motifs is 4. The Morgan fingerprint density at radius 3 is 2.87 bits per heavy atom. The molecule has 0 radical (unpaired) electrons. The van der Waals surface area contributed by atoms with Crippen molar-refractivity contribution < 1.29 is 33.0 Å². The topological polar surface area (TPSA) is 137 Å². The Labute approximate surface area is 222 Å². The first-order chi connectivity index (χ1) is 18.6. The zero-order chi connectivity index (χ0) is 26.2. The standard InChI is InChI=1S/C25H27N5O7S/c1-33-20-15(4-3-5-16(20)22(31)34-2)19-9-26-25(37-19)30-14-8-17-21(18(30)12-36-11-14)38-24(28-17)29-23(32)27-13-6-7-35-10-13/h3-5,9,13-14,18H,6-8,10-12H2,1-2H3,(H2,27,28,29,32)/t13-,14?,18?/m1/s1. The van der Waals surface area contributed by atoms with Crippen LogP contribution in [0.3, 0.4) is 0 Å². The molecule has 3 aromatic rings. The van der Waals surface area contributed by atoms with Gasteiger partial charge >= 0.3 is 12.0 Å². The highest BCUT2D eigenvalue weighted by Crippen LogP contribution is 2.44. The number of nitrogens with one attached hydrogen (secondary N) is 2. The summed E-state index contributed by atoms with van der Waals surface area (Å²) < 4.78 is 27.9. The van der Waals surface area contributed by atoms with Crippen LogP contribution in [0.2, 0.25) is 0 Å². The fraction of sp³-hybridized carbons (Fsp3) is 0.440. The number of amides is 2. The molecule has 2 amide bonds. The summed E-state index contributed by atoms with van der Waals surface area (Å²) in [5.41, 5.74) is 1.84. The number of nitrogens with zero attached hydrogens (tertiary/aromatic N) is 3. The number of carbonyl (C=O) groups excluding carboxylic acids is 2. The Kier molecular flexibility index (Phi) is 6.64.